The summed E-state index contributed by atoms with van der Waals surface area (Å²) in [6, 6.07) is 14.9. The van der Waals surface area contributed by atoms with Crippen molar-refractivity contribution in [3.8, 4) is 0 Å². The van der Waals surface area contributed by atoms with Crippen LogP contribution in [0.2, 0.25) is 0 Å². The molecule has 4 nitrogen and oxygen atoms in total. The van der Waals surface area contributed by atoms with Crippen LogP contribution in [0.3, 0.4) is 0 Å². The molecule has 2 aromatic rings. The molecule has 1 fully saturated rings. The van der Waals surface area contributed by atoms with Gasteiger partial charge >= 0.3 is 0 Å². The van der Waals surface area contributed by atoms with Crippen molar-refractivity contribution in [2.24, 2.45) is 4.99 Å². The van der Waals surface area contributed by atoms with Gasteiger partial charge in [0, 0.05) is 39.8 Å². The Morgan fingerprint density at radius 3 is 2.46 bits per heavy atom. The highest BCUT2D eigenvalue weighted by Gasteiger charge is 2.19. The first-order valence-electron chi connectivity index (χ1n) is 8.15. The van der Waals surface area contributed by atoms with E-state index in [-0.39, 0.29) is 24.0 Å². The second kappa shape index (κ2) is 9.88. The van der Waals surface area contributed by atoms with Gasteiger partial charge < -0.3 is 15.1 Å². The Morgan fingerprint density at radius 2 is 1.83 bits per heavy atom. The van der Waals surface area contributed by atoms with Crippen LogP contribution in [0.5, 0.6) is 0 Å². The fourth-order valence-electron chi connectivity index (χ4n) is 2.88. The number of guanidine groups is 1. The summed E-state index contributed by atoms with van der Waals surface area (Å²) in [6.07, 6.45) is 1.02. The minimum Gasteiger partial charge on any atom is -0.360 e. The number of hydrogen-bond acceptors (Lipinski definition) is 3. The molecule has 130 valence electrons. The lowest BCUT2D eigenvalue weighted by Crippen LogP contribution is -2.52. The number of benzene rings is 1. The summed E-state index contributed by atoms with van der Waals surface area (Å²) in [5.74, 6) is 1.02. The summed E-state index contributed by atoms with van der Waals surface area (Å²) < 4.78 is 0. The summed E-state index contributed by atoms with van der Waals surface area (Å²) in [7, 11) is 1.87. The number of hydrogen-bond donors (Lipinski definition) is 1. The Bertz CT molecular complexity index is 607. The van der Waals surface area contributed by atoms with E-state index in [1.54, 1.807) is 0 Å². The number of nitrogens with zero attached hydrogens (tertiary/aromatic N) is 3. The summed E-state index contributed by atoms with van der Waals surface area (Å²) >= 11 is 1.82. The molecule has 2 heterocycles. The highest BCUT2D eigenvalue weighted by molar-refractivity contribution is 14.0. The van der Waals surface area contributed by atoms with Gasteiger partial charge in [0.15, 0.2) is 5.96 Å². The zero-order valence-corrected chi connectivity index (χ0v) is 17.2. The largest absolute Gasteiger partial charge is 0.360 e. The Hall–Kier alpha value is -1.28. The van der Waals surface area contributed by atoms with E-state index in [9.17, 15) is 0 Å². The van der Waals surface area contributed by atoms with Crippen LogP contribution in [0.1, 0.15) is 5.56 Å². The molecule has 1 aliphatic rings. The molecule has 1 aromatic carbocycles. The van der Waals surface area contributed by atoms with E-state index in [0.29, 0.717) is 0 Å². The molecule has 1 N–H and O–H groups in total. The normalized spacial score (nSPS) is 15.1. The monoisotopic (exact) mass is 456 g/mol. The molecule has 0 atom stereocenters. The van der Waals surface area contributed by atoms with Crippen molar-refractivity contribution in [1.82, 2.24) is 10.2 Å². The van der Waals surface area contributed by atoms with Crippen molar-refractivity contribution >= 4 is 46.3 Å². The lowest BCUT2D eigenvalue weighted by Gasteiger charge is -2.37. The molecule has 0 aliphatic carbocycles. The van der Waals surface area contributed by atoms with Crippen LogP contribution in [0, 0.1) is 0 Å². The number of anilines is 1. The van der Waals surface area contributed by atoms with Crippen LogP contribution in [-0.2, 0) is 6.42 Å². The fourth-order valence-corrected chi connectivity index (χ4v) is 3.67. The zero-order valence-electron chi connectivity index (χ0n) is 14.0. The third-order valence-corrected chi connectivity index (χ3v) is 5.08. The molecule has 0 saturated carbocycles. The number of aliphatic imine (C=N–C) groups is 1. The van der Waals surface area contributed by atoms with E-state index in [1.165, 1.54) is 10.6 Å². The zero-order chi connectivity index (χ0) is 15.9. The van der Waals surface area contributed by atoms with Crippen LogP contribution < -0.4 is 10.2 Å². The van der Waals surface area contributed by atoms with Gasteiger partial charge in [-0.3, -0.25) is 4.99 Å². The van der Waals surface area contributed by atoms with E-state index >= 15 is 0 Å². The predicted octanol–water partition coefficient (Wildman–Crippen LogP) is 3.31. The lowest BCUT2D eigenvalue weighted by molar-refractivity contribution is 0.374. The second-order valence-electron chi connectivity index (χ2n) is 5.63. The third kappa shape index (κ3) is 5.11. The van der Waals surface area contributed by atoms with E-state index in [1.807, 2.05) is 18.4 Å². The minimum absolute atomic E-state index is 0. The molecule has 0 spiro atoms. The van der Waals surface area contributed by atoms with Crippen molar-refractivity contribution in [1.29, 1.82) is 0 Å². The molecular weight excluding hydrogens is 431 g/mol. The van der Waals surface area contributed by atoms with Crippen LogP contribution in [0.4, 0.5) is 5.00 Å². The molecule has 1 aromatic heterocycles. The first-order chi connectivity index (χ1) is 11.4. The number of nitrogens with one attached hydrogen (secondary N) is 1. The standard InChI is InChI=1S/C18H24N4S.HI/c1-19-18(20-10-9-16-6-3-2-4-7-16)22-13-11-21(12-14-22)17-8-5-15-23-17;/h2-8,15H,9-14H2,1H3,(H,19,20);1H. The average Bonchev–Trinajstić information content (AvgIpc) is 3.15. The van der Waals surface area contributed by atoms with Crippen molar-refractivity contribution < 1.29 is 0 Å². The molecule has 0 unspecified atom stereocenters. The quantitative estimate of drug-likeness (QED) is 0.435. The Morgan fingerprint density at radius 1 is 1.08 bits per heavy atom. The van der Waals surface area contributed by atoms with Gasteiger partial charge in [-0.1, -0.05) is 30.3 Å². The first kappa shape index (κ1) is 19.1. The van der Waals surface area contributed by atoms with Crippen molar-refractivity contribution in [3.05, 3.63) is 53.4 Å². The SMILES string of the molecule is CN=C(NCCc1ccccc1)N1CCN(c2cccs2)CC1.I. The average molecular weight is 456 g/mol. The van der Waals surface area contributed by atoms with Crippen molar-refractivity contribution in [2.45, 2.75) is 6.42 Å². The summed E-state index contributed by atoms with van der Waals surface area (Å²) in [6.45, 7) is 5.06. The molecule has 0 radical (unpaired) electrons. The van der Waals surface area contributed by atoms with Gasteiger partial charge in [-0.25, -0.2) is 0 Å². The topological polar surface area (TPSA) is 30.9 Å². The molecule has 1 aliphatic heterocycles. The maximum absolute atomic E-state index is 4.45. The second-order valence-corrected chi connectivity index (χ2v) is 6.56. The van der Waals surface area contributed by atoms with Crippen LogP contribution in [0.25, 0.3) is 0 Å². The molecule has 6 heteroatoms. The van der Waals surface area contributed by atoms with Crippen LogP contribution >= 0.6 is 35.3 Å². The third-order valence-electron chi connectivity index (χ3n) is 4.15. The van der Waals surface area contributed by atoms with Gasteiger partial charge in [-0.05, 0) is 29.5 Å². The first-order valence-corrected chi connectivity index (χ1v) is 9.03. The van der Waals surface area contributed by atoms with Gasteiger partial charge in [0.05, 0.1) is 5.00 Å². The molecule has 3 rings (SSSR count). The maximum atomic E-state index is 4.45. The Balaban J connectivity index is 0.00000208. The summed E-state index contributed by atoms with van der Waals surface area (Å²) in [5, 5.41) is 7.01. The van der Waals surface area contributed by atoms with Gasteiger partial charge in [0.25, 0.3) is 0 Å². The predicted molar refractivity (Wildman–Crippen MR) is 115 cm³/mol. The number of piperazine rings is 1. The number of thiophene rings is 1. The molecule has 1 saturated heterocycles. The fraction of sp³-hybridized carbons (Fsp3) is 0.389. The van der Waals surface area contributed by atoms with Gasteiger partial charge in [-0.2, -0.15) is 0 Å². The van der Waals surface area contributed by atoms with Crippen molar-refractivity contribution in [3.63, 3.8) is 0 Å². The summed E-state index contributed by atoms with van der Waals surface area (Å²) in [4.78, 5) is 9.26. The van der Waals surface area contributed by atoms with Crippen molar-refractivity contribution in [2.75, 3.05) is 44.7 Å². The molecular formula is C18H25IN4S. The highest BCUT2D eigenvalue weighted by Crippen LogP contribution is 2.22. The van der Waals surface area contributed by atoms with Crippen LogP contribution in [-0.4, -0.2) is 50.6 Å². The van der Waals surface area contributed by atoms with Gasteiger partial charge in [0.2, 0.25) is 0 Å². The van der Waals surface area contributed by atoms with E-state index in [4.69, 9.17) is 0 Å². The number of halogens is 1. The molecule has 0 amide bonds. The Labute approximate surface area is 165 Å². The van der Waals surface area contributed by atoms with E-state index in [2.05, 4.69) is 68.0 Å². The van der Waals surface area contributed by atoms with Crippen LogP contribution in [0.15, 0.2) is 52.8 Å². The molecule has 24 heavy (non-hydrogen) atoms. The minimum atomic E-state index is 0. The van der Waals surface area contributed by atoms with Gasteiger partial charge in [-0.15, -0.1) is 35.3 Å². The maximum Gasteiger partial charge on any atom is 0.193 e. The highest BCUT2D eigenvalue weighted by atomic mass is 127. The summed E-state index contributed by atoms with van der Waals surface area (Å²) in [5.41, 5.74) is 1.36. The lowest BCUT2D eigenvalue weighted by atomic mass is 10.1. The Kier molecular flexibility index (Phi) is 7.84. The molecule has 0 bridgehead atoms. The van der Waals surface area contributed by atoms with E-state index < -0.39 is 0 Å². The van der Waals surface area contributed by atoms with E-state index in [0.717, 1.165) is 45.1 Å². The number of rotatable bonds is 4. The van der Waals surface area contributed by atoms with Gasteiger partial charge in [0.1, 0.15) is 0 Å². The smallest absolute Gasteiger partial charge is 0.193 e.